The van der Waals surface area contributed by atoms with Gasteiger partial charge in [-0.1, -0.05) is 25.1 Å². The van der Waals surface area contributed by atoms with Gasteiger partial charge in [0.2, 0.25) is 0 Å². The molecule has 1 aromatic carbocycles. The van der Waals surface area contributed by atoms with Crippen LogP contribution in [0, 0.1) is 5.92 Å². The Hall–Kier alpha value is -0.860. The Bertz CT molecular complexity index is 441. The summed E-state index contributed by atoms with van der Waals surface area (Å²) in [7, 11) is 0. The number of piperidine rings is 1. The standard InChI is InChI=1S/C17H26N2/c1-13-6-8-19(14(2)9-13)12-15-3-4-16-5-7-18-11-17(16)10-15/h3-4,10,13-14,18H,5-9,11-12H2,1-2H3. The van der Waals surface area contributed by atoms with Gasteiger partial charge in [0, 0.05) is 19.1 Å². The minimum absolute atomic E-state index is 0.734. The second-order valence-electron chi connectivity index (χ2n) is 6.48. The maximum atomic E-state index is 3.47. The largest absolute Gasteiger partial charge is 0.312 e. The van der Waals surface area contributed by atoms with E-state index in [1.807, 2.05) is 0 Å². The molecule has 19 heavy (non-hydrogen) atoms. The zero-order valence-electron chi connectivity index (χ0n) is 12.3. The third kappa shape index (κ3) is 3.01. The summed E-state index contributed by atoms with van der Waals surface area (Å²) in [4.78, 5) is 2.65. The molecule has 2 aliphatic heterocycles. The number of likely N-dealkylation sites (tertiary alicyclic amines) is 1. The van der Waals surface area contributed by atoms with E-state index < -0.39 is 0 Å². The Labute approximate surface area is 117 Å². The first-order valence-electron chi connectivity index (χ1n) is 7.78. The van der Waals surface area contributed by atoms with Crippen LogP contribution in [-0.2, 0) is 19.5 Å². The van der Waals surface area contributed by atoms with E-state index in [2.05, 4.69) is 42.3 Å². The highest BCUT2D eigenvalue weighted by Gasteiger charge is 2.22. The molecule has 104 valence electrons. The van der Waals surface area contributed by atoms with Crippen LogP contribution in [0.15, 0.2) is 18.2 Å². The van der Waals surface area contributed by atoms with E-state index in [0.717, 1.165) is 31.6 Å². The molecule has 1 fully saturated rings. The van der Waals surface area contributed by atoms with Crippen LogP contribution < -0.4 is 5.32 Å². The van der Waals surface area contributed by atoms with E-state index in [-0.39, 0.29) is 0 Å². The maximum Gasteiger partial charge on any atom is 0.0236 e. The van der Waals surface area contributed by atoms with E-state index in [1.165, 1.54) is 36.9 Å². The van der Waals surface area contributed by atoms with Crippen molar-refractivity contribution >= 4 is 0 Å². The van der Waals surface area contributed by atoms with Crippen LogP contribution in [0.3, 0.4) is 0 Å². The summed E-state index contributed by atoms with van der Waals surface area (Å²) in [6.45, 7) is 9.34. The van der Waals surface area contributed by atoms with E-state index >= 15 is 0 Å². The van der Waals surface area contributed by atoms with Gasteiger partial charge in [0.25, 0.3) is 0 Å². The fourth-order valence-corrected chi connectivity index (χ4v) is 3.56. The van der Waals surface area contributed by atoms with Crippen LogP contribution >= 0.6 is 0 Å². The lowest BCUT2D eigenvalue weighted by atomic mass is 9.92. The van der Waals surface area contributed by atoms with E-state index in [1.54, 1.807) is 5.56 Å². The number of fused-ring (bicyclic) bond motifs is 1. The molecule has 2 aliphatic rings. The summed E-state index contributed by atoms with van der Waals surface area (Å²) in [5.41, 5.74) is 4.55. The zero-order chi connectivity index (χ0) is 13.2. The molecule has 2 heteroatoms. The minimum Gasteiger partial charge on any atom is -0.312 e. The number of nitrogens with one attached hydrogen (secondary N) is 1. The van der Waals surface area contributed by atoms with Gasteiger partial charge in [-0.25, -0.2) is 0 Å². The van der Waals surface area contributed by atoms with Crippen LogP contribution in [-0.4, -0.2) is 24.0 Å². The second kappa shape index (κ2) is 5.64. The van der Waals surface area contributed by atoms with Crippen LogP contribution in [0.1, 0.15) is 43.4 Å². The summed E-state index contributed by atoms with van der Waals surface area (Å²) >= 11 is 0. The van der Waals surface area contributed by atoms with Gasteiger partial charge in [0.15, 0.2) is 0 Å². The minimum atomic E-state index is 0.734. The lowest BCUT2D eigenvalue weighted by Gasteiger charge is -2.36. The second-order valence-corrected chi connectivity index (χ2v) is 6.48. The molecular formula is C17H26N2. The molecule has 2 unspecified atom stereocenters. The summed E-state index contributed by atoms with van der Waals surface area (Å²) in [6.07, 6.45) is 3.90. The molecule has 3 rings (SSSR count). The summed E-state index contributed by atoms with van der Waals surface area (Å²) in [5, 5.41) is 3.47. The fraction of sp³-hybridized carbons (Fsp3) is 0.647. The first-order valence-corrected chi connectivity index (χ1v) is 7.78. The van der Waals surface area contributed by atoms with Gasteiger partial charge in [-0.3, -0.25) is 4.90 Å². The van der Waals surface area contributed by atoms with Gasteiger partial charge in [0.05, 0.1) is 0 Å². The van der Waals surface area contributed by atoms with Crippen LogP contribution in [0.2, 0.25) is 0 Å². The molecular weight excluding hydrogens is 232 g/mol. The summed E-state index contributed by atoms with van der Waals surface area (Å²) in [5.74, 6) is 0.902. The number of hydrogen-bond acceptors (Lipinski definition) is 2. The monoisotopic (exact) mass is 258 g/mol. The third-order valence-electron chi connectivity index (χ3n) is 4.82. The topological polar surface area (TPSA) is 15.3 Å². The Balaban J connectivity index is 1.69. The molecule has 0 saturated carbocycles. The van der Waals surface area contributed by atoms with Gasteiger partial charge in [-0.05, 0) is 61.9 Å². The zero-order valence-corrected chi connectivity index (χ0v) is 12.3. The number of rotatable bonds is 2. The molecule has 2 nitrogen and oxygen atoms in total. The van der Waals surface area contributed by atoms with Crippen molar-refractivity contribution in [2.45, 2.75) is 52.2 Å². The first kappa shape index (κ1) is 13.1. The Morgan fingerprint density at radius 1 is 1.26 bits per heavy atom. The average Bonchev–Trinajstić information content (AvgIpc) is 2.42. The van der Waals surface area contributed by atoms with Crippen molar-refractivity contribution in [2.75, 3.05) is 13.1 Å². The predicted octanol–water partition coefficient (Wildman–Crippen LogP) is 2.95. The van der Waals surface area contributed by atoms with Crippen molar-refractivity contribution in [2.24, 2.45) is 5.92 Å². The lowest BCUT2D eigenvalue weighted by molar-refractivity contribution is 0.122. The molecule has 2 heterocycles. The Morgan fingerprint density at radius 3 is 3.00 bits per heavy atom. The molecule has 1 N–H and O–H groups in total. The molecule has 0 bridgehead atoms. The van der Waals surface area contributed by atoms with Crippen molar-refractivity contribution in [3.8, 4) is 0 Å². The SMILES string of the molecule is CC1CCN(Cc2ccc3c(c2)CNCC3)C(C)C1. The quantitative estimate of drug-likeness (QED) is 0.877. The van der Waals surface area contributed by atoms with Crippen molar-refractivity contribution in [3.05, 3.63) is 34.9 Å². The first-order chi connectivity index (χ1) is 9.22. The summed E-state index contributed by atoms with van der Waals surface area (Å²) in [6, 6.07) is 7.85. The van der Waals surface area contributed by atoms with Gasteiger partial charge in [-0.2, -0.15) is 0 Å². The number of hydrogen-bond donors (Lipinski definition) is 1. The molecule has 0 radical (unpaired) electrons. The Morgan fingerprint density at radius 2 is 2.16 bits per heavy atom. The Kier molecular flexibility index (Phi) is 3.90. The van der Waals surface area contributed by atoms with E-state index in [0.29, 0.717) is 0 Å². The highest BCUT2D eigenvalue weighted by Crippen LogP contribution is 2.24. The lowest BCUT2D eigenvalue weighted by Crippen LogP contribution is -2.39. The predicted molar refractivity (Wildman–Crippen MR) is 80.1 cm³/mol. The van der Waals surface area contributed by atoms with Crippen molar-refractivity contribution in [3.63, 3.8) is 0 Å². The fourth-order valence-electron chi connectivity index (χ4n) is 3.56. The molecule has 1 saturated heterocycles. The van der Waals surface area contributed by atoms with Crippen LogP contribution in [0.5, 0.6) is 0 Å². The number of benzene rings is 1. The highest BCUT2D eigenvalue weighted by atomic mass is 15.2. The van der Waals surface area contributed by atoms with Gasteiger partial charge >= 0.3 is 0 Å². The van der Waals surface area contributed by atoms with Gasteiger partial charge in [-0.15, -0.1) is 0 Å². The molecule has 2 atom stereocenters. The smallest absolute Gasteiger partial charge is 0.0236 e. The molecule has 0 aliphatic carbocycles. The van der Waals surface area contributed by atoms with Crippen molar-refractivity contribution < 1.29 is 0 Å². The van der Waals surface area contributed by atoms with Crippen molar-refractivity contribution in [1.82, 2.24) is 10.2 Å². The van der Waals surface area contributed by atoms with Gasteiger partial charge in [0.1, 0.15) is 0 Å². The molecule has 0 aromatic heterocycles. The van der Waals surface area contributed by atoms with Crippen molar-refractivity contribution in [1.29, 1.82) is 0 Å². The van der Waals surface area contributed by atoms with Gasteiger partial charge < -0.3 is 5.32 Å². The highest BCUT2D eigenvalue weighted by molar-refractivity contribution is 5.33. The van der Waals surface area contributed by atoms with Crippen LogP contribution in [0.25, 0.3) is 0 Å². The maximum absolute atomic E-state index is 3.47. The van der Waals surface area contributed by atoms with E-state index in [4.69, 9.17) is 0 Å². The van der Waals surface area contributed by atoms with E-state index in [9.17, 15) is 0 Å². The third-order valence-corrected chi connectivity index (χ3v) is 4.82. The molecule has 0 spiro atoms. The molecule has 1 aromatic rings. The summed E-state index contributed by atoms with van der Waals surface area (Å²) < 4.78 is 0. The molecule has 0 amide bonds. The number of nitrogens with zero attached hydrogens (tertiary/aromatic N) is 1. The normalized spacial score (nSPS) is 28.1. The van der Waals surface area contributed by atoms with Crippen LogP contribution in [0.4, 0.5) is 0 Å². The average molecular weight is 258 g/mol.